The third-order valence-electron chi connectivity index (χ3n) is 2.33. The molecule has 1 aromatic rings. The molecule has 0 aliphatic heterocycles. The van der Waals surface area contributed by atoms with Crippen LogP contribution in [0, 0.1) is 0 Å². The summed E-state index contributed by atoms with van der Waals surface area (Å²) in [6.07, 6.45) is 0.363. The molecule has 1 amide bonds. The predicted octanol–water partition coefficient (Wildman–Crippen LogP) is 1.61. The maximum absolute atomic E-state index is 11.4. The number of amides is 1. The van der Waals surface area contributed by atoms with Gasteiger partial charge >= 0.3 is 0 Å². The fourth-order valence-corrected chi connectivity index (χ4v) is 1.49. The molecule has 1 aromatic carbocycles. The highest BCUT2D eigenvalue weighted by atomic mass is 35.5. The zero-order valence-corrected chi connectivity index (χ0v) is 11.6. The van der Waals surface area contributed by atoms with E-state index in [2.05, 4.69) is 5.32 Å². The quantitative estimate of drug-likeness (QED) is 0.827. The first-order chi connectivity index (χ1) is 8.11. The average Bonchev–Trinajstić information content (AvgIpc) is 2.28. The van der Waals surface area contributed by atoms with Gasteiger partial charge in [-0.25, -0.2) is 0 Å². The number of halogens is 1. The molecule has 0 radical (unpaired) electrons. The van der Waals surface area contributed by atoms with E-state index in [4.69, 9.17) is 10.5 Å². The summed E-state index contributed by atoms with van der Waals surface area (Å²) < 4.78 is 5.03. The fraction of sp³-hybridized carbons (Fsp3) is 0.462. The van der Waals surface area contributed by atoms with Crippen molar-refractivity contribution in [2.45, 2.75) is 32.5 Å². The van der Waals surface area contributed by atoms with Crippen LogP contribution in [0.5, 0.6) is 0 Å². The number of carbonyl (C=O) groups is 1. The summed E-state index contributed by atoms with van der Waals surface area (Å²) in [4.78, 5) is 11.4. The summed E-state index contributed by atoms with van der Waals surface area (Å²) in [7, 11) is 1.67. The molecule has 1 unspecified atom stereocenters. The highest BCUT2D eigenvalue weighted by molar-refractivity contribution is 5.85. The third-order valence-corrected chi connectivity index (χ3v) is 2.33. The monoisotopic (exact) mass is 272 g/mol. The number of hydrogen-bond donors (Lipinski definition) is 2. The number of benzene rings is 1. The van der Waals surface area contributed by atoms with Crippen LogP contribution >= 0.6 is 12.4 Å². The lowest BCUT2D eigenvalue weighted by Crippen LogP contribution is -2.29. The van der Waals surface area contributed by atoms with Crippen LogP contribution in [0.2, 0.25) is 0 Å². The van der Waals surface area contributed by atoms with Crippen LogP contribution in [-0.4, -0.2) is 19.1 Å². The van der Waals surface area contributed by atoms with Gasteiger partial charge in [-0.2, -0.15) is 0 Å². The molecule has 1 atom stereocenters. The summed E-state index contributed by atoms with van der Waals surface area (Å²) in [6, 6.07) is 7.87. The molecule has 0 heterocycles. The minimum Gasteiger partial charge on any atom is -0.380 e. The van der Waals surface area contributed by atoms with Gasteiger partial charge in [-0.05, 0) is 18.1 Å². The van der Waals surface area contributed by atoms with Crippen molar-refractivity contribution in [1.29, 1.82) is 0 Å². The van der Waals surface area contributed by atoms with Gasteiger partial charge < -0.3 is 15.8 Å². The van der Waals surface area contributed by atoms with Crippen molar-refractivity contribution in [3.63, 3.8) is 0 Å². The van der Waals surface area contributed by atoms with Crippen molar-refractivity contribution in [1.82, 2.24) is 5.32 Å². The fourth-order valence-electron chi connectivity index (χ4n) is 1.49. The molecule has 1 rings (SSSR count). The van der Waals surface area contributed by atoms with E-state index in [9.17, 15) is 4.79 Å². The van der Waals surface area contributed by atoms with Crippen molar-refractivity contribution >= 4 is 18.3 Å². The maximum atomic E-state index is 11.4. The van der Waals surface area contributed by atoms with Crippen LogP contribution in [-0.2, 0) is 22.7 Å². The summed E-state index contributed by atoms with van der Waals surface area (Å²) >= 11 is 0. The molecule has 0 aliphatic carbocycles. The predicted molar refractivity (Wildman–Crippen MR) is 74.5 cm³/mol. The molecule has 0 aromatic heterocycles. The second-order valence-corrected chi connectivity index (χ2v) is 4.21. The van der Waals surface area contributed by atoms with Crippen LogP contribution in [0.1, 0.15) is 24.5 Å². The third kappa shape index (κ3) is 6.59. The van der Waals surface area contributed by atoms with E-state index in [1.54, 1.807) is 7.11 Å². The van der Waals surface area contributed by atoms with E-state index < -0.39 is 0 Å². The molecule has 0 aliphatic rings. The number of nitrogens with one attached hydrogen (secondary N) is 1. The minimum absolute atomic E-state index is 0. The lowest BCUT2D eigenvalue weighted by atomic mass is 10.1. The van der Waals surface area contributed by atoms with Crippen molar-refractivity contribution in [2.75, 3.05) is 7.11 Å². The van der Waals surface area contributed by atoms with Gasteiger partial charge in [0.1, 0.15) is 0 Å². The molecule has 0 saturated heterocycles. The Hall–Kier alpha value is -1.10. The second-order valence-electron chi connectivity index (χ2n) is 4.21. The van der Waals surface area contributed by atoms with Gasteiger partial charge in [0.05, 0.1) is 6.61 Å². The average molecular weight is 273 g/mol. The topological polar surface area (TPSA) is 64.3 Å². The van der Waals surface area contributed by atoms with E-state index in [0.29, 0.717) is 19.6 Å². The Morgan fingerprint density at radius 1 is 1.33 bits per heavy atom. The van der Waals surface area contributed by atoms with Crippen LogP contribution in [0.4, 0.5) is 0 Å². The molecular formula is C13H21ClN2O2. The molecule has 0 fully saturated rings. The number of hydrogen-bond acceptors (Lipinski definition) is 3. The minimum atomic E-state index is -0.0981. The van der Waals surface area contributed by atoms with Crippen LogP contribution in [0.3, 0.4) is 0 Å². The maximum Gasteiger partial charge on any atom is 0.221 e. The number of methoxy groups -OCH3 is 1. The Bertz CT molecular complexity index is 353. The zero-order valence-electron chi connectivity index (χ0n) is 10.8. The SMILES string of the molecule is COCc1ccc(CNC(=O)CC(C)N)cc1.Cl. The van der Waals surface area contributed by atoms with E-state index in [1.165, 1.54) is 0 Å². The molecule has 102 valence electrons. The van der Waals surface area contributed by atoms with Crippen LogP contribution in [0.15, 0.2) is 24.3 Å². The first-order valence-corrected chi connectivity index (χ1v) is 5.71. The Kier molecular flexibility index (Phi) is 8.37. The lowest BCUT2D eigenvalue weighted by Gasteiger charge is -2.08. The summed E-state index contributed by atoms with van der Waals surface area (Å²) in [6.45, 7) is 2.97. The normalized spacial score (nSPS) is 11.5. The first kappa shape index (κ1) is 16.9. The van der Waals surface area contributed by atoms with Crippen molar-refractivity contribution < 1.29 is 9.53 Å². The lowest BCUT2D eigenvalue weighted by molar-refractivity contribution is -0.121. The van der Waals surface area contributed by atoms with E-state index in [1.807, 2.05) is 31.2 Å². The van der Waals surface area contributed by atoms with E-state index in [0.717, 1.165) is 11.1 Å². The van der Waals surface area contributed by atoms with Gasteiger partial charge in [-0.15, -0.1) is 12.4 Å². The summed E-state index contributed by atoms with van der Waals surface area (Å²) in [5.74, 6) is -0.0130. The smallest absolute Gasteiger partial charge is 0.221 e. The van der Waals surface area contributed by atoms with Gasteiger partial charge in [-0.3, -0.25) is 4.79 Å². The number of ether oxygens (including phenoxy) is 1. The number of rotatable bonds is 6. The Labute approximate surface area is 114 Å². The molecule has 5 heteroatoms. The Morgan fingerprint density at radius 3 is 2.39 bits per heavy atom. The molecule has 18 heavy (non-hydrogen) atoms. The molecule has 0 bridgehead atoms. The van der Waals surface area contributed by atoms with Crippen LogP contribution < -0.4 is 11.1 Å². The van der Waals surface area contributed by atoms with Crippen molar-refractivity contribution in [2.24, 2.45) is 5.73 Å². The van der Waals surface area contributed by atoms with E-state index in [-0.39, 0.29) is 24.4 Å². The zero-order chi connectivity index (χ0) is 12.7. The molecule has 3 N–H and O–H groups in total. The Morgan fingerprint density at radius 2 is 1.89 bits per heavy atom. The van der Waals surface area contributed by atoms with Gasteiger partial charge in [0.2, 0.25) is 5.91 Å². The van der Waals surface area contributed by atoms with Crippen molar-refractivity contribution in [3.05, 3.63) is 35.4 Å². The Balaban J connectivity index is 0.00000289. The van der Waals surface area contributed by atoms with Crippen molar-refractivity contribution in [3.8, 4) is 0 Å². The second kappa shape index (κ2) is 8.91. The number of nitrogens with two attached hydrogens (primary N) is 1. The molecule has 4 nitrogen and oxygen atoms in total. The van der Waals surface area contributed by atoms with Gasteiger partial charge in [0, 0.05) is 26.1 Å². The first-order valence-electron chi connectivity index (χ1n) is 5.71. The van der Waals surface area contributed by atoms with Gasteiger partial charge in [0.25, 0.3) is 0 Å². The molecular weight excluding hydrogens is 252 g/mol. The largest absolute Gasteiger partial charge is 0.380 e. The van der Waals surface area contributed by atoms with Gasteiger partial charge in [-0.1, -0.05) is 24.3 Å². The highest BCUT2D eigenvalue weighted by Gasteiger charge is 2.04. The number of carbonyl (C=O) groups excluding carboxylic acids is 1. The summed E-state index contributed by atoms with van der Waals surface area (Å²) in [5.41, 5.74) is 7.74. The van der Waals surface area contributed by atoms with Gasteiger partial charge in [0.15, 0.2) is 0 Å². The summed E-state index contributed by atoms with van der Waals surface area (Å²) in [5, 5.41) is 2.83. The highest BCUT2D eigenvalue weighted by Crippen LogP contribution is 2.05. The van der Waals surface area contributed by atoms with E-state index >= 15 is 0 Å². The van der Waals surface area contributed by atoms with Crippen LogP contribution in [0.25, 0.3) is 0 Å². The standard InChI is InChI=1S/C13H20N2O2.ClH/c1-10(14)7-13(16)15-8-11-3-5-12(6-4-11)9-17-2;/h3-6,10H,7-9,14H2,1-2H3,(H,15,16);1H. The molecule has 0 saturated carbocycles. The molecule has 0 spiro atoms.